The van der Waals surface area contributed by atoms with Crippen LogP contribution in [0.5, 0.6) is 0 Å². The topological polar surface area (TPSA) is 86.7 Å². The Hall–Kier alpha value is -0.160. The summed E-state index contributed by atoms with van der Waals surface area (Å²) in [6, 6.07) is 0. The van der Waals surface area contributed by atoms with Crippen LogP contribution in [-0.2, 0) is 0 Å². The molecular formula is C7H15NO3. The zero-order valence-corrected chi connectivity index (χ0v) is 6.35. The second kappa shape index (κ2) is 3.49. The minimum absolute atomic E-state index is 0.0536. The fourth-order valence-corrected chi connectivity index (χ4v) is 1.64. The van der Waals surface area contributed by atoms with Gasteiger partial charge in [-0.1, -0.05) is 0 Å². The average Bonchev–Trinajstić information content (AvgIpc) is 2.30. The molecule has 0 saturated heterocycles. The second-order valence-corrected chi connectivity index (χ2v) is 3.16. The summed E-state index contributed by atoms with van der Waals surface area (Å²) >= 11 is 0. The third-order valence-electron chi connectivity index (χ3n) is 2.46. The molecule has 4 heteroatoms. The van der Waals surface area contributed by atoms with Crippen molar-refractivity contribution in [3.05, 3.63) is 0 Å². The van der Waals surface area contributed by atoms with Gasteiger partial charge in [0.25, 0.3) is 0 Å². The van der Waals surface area contributed by atoms with Gasteiger partial charge >= 0.3 is 0 Å². The van der Waals surface area contributed by atoms with Crippen LogP contribution in [0.3, 0.4) is 0 Å². The number of aliphatic hydroxyl groups excluding tert-OH is 3. The highest BCUT2D eigenvalue weighted by Gasteiger charge is 2.39. The van der Waals surface area contributed by atoms with Crippen molar-refractivity contribution in [3.63, 3.8) is 0 Å². The third kappa shape index (κ3) is 1.54. The van der Waals surface area contributed by atoms with Crippen LogP contribution in [0, 0.1) is 11.8 Å². The zero-order valence-electron chi connectivity index (χ0n) is 6.35. The Morgan fingerprint density at radius 1 is 1.18 bits per heavy atom. The Morgan fingerprint density at radius 2 is 1.73 bits per heavy atom. The number of rotatable bonds is 2. The van der Waals surface area contributed by atoms with Crippen LogP contribution in [0.2, 0.25) is 0 Å². The van der Waals surface area contributed by atoms with Crippen molar-refractivity contribution in [1.82, 2.24) is 0 Å². The van der Waals surface area contributed by atoms with E-state index in [0.29, 0.717) is 13.0 Å². The van der Waals surface area contributed by atoms with Gasteiger partial charge in [-0.2, -0.15) is 0 Å². The fourth-order valence-electron chi connectivity index (χ4n) is 1.64. The Morgan fingerprint density at radius 3 is 2.00 bits per heavy atom. The summed E-state index contributed by atoms with van der Waals surface area (Å²) in [5.41, 5.74) is 5.35. The molecule has 0 aromatic rings. The van der Waals surface area contributed by atoms with Gasteiger partial charge in [0.2, 0.25) is 0 Å². The van der Waals surface area contributed by atoms with Crippen LogP contribution in [-0.4, -0.2) is 40.7 Å². The molecule has 1 aliphatic carbocycles. The lowest BCUT2D eigenvalue weighted by molar-refractivity contribution is -0.00476. The van der Waals surface area contributed by atoms with Crippen LogP contribution in [0.25, 0.3) is 0 Å². The summed E-state index contributed by atoms with van der Waals surface area (Å²) in [7, 11) is 0. The molecule has 66 valence electrons. The first-order valence-electron chi connectivity index (χ1n) is 3.87. The first-order chi connectivity index (χ1) is 5.20. The van der Waals surface area contributed by atoms with Crippen LogP contribution in [0.1, 0.15) is 6.42 Å². The molecule has 5 N–H and O–H groups in total. The highest BCUT2D eigenvalue weighted by atomic mass is 16.3. The summed E-state index contributed by atoms with van der Waals surface area (Å²) in [5, 5.41) is 27.4. The monoisotopic (exact) mass is 161 g/mol. The summed E-state index contributed by atoms with van der Waals surface area (Å²) < 4.78 is 0. The minimum atomic E-state index is -0.798. The molecule has 0 heterocycles. The first kappa shape index (κ1) is 8.93. The van der Waals surface area contributed by atoms with Gasteiger partial charge in [-0.25, -0.2) is 0 Å². The van der Waals surface area contributed by atoms with Gasteiger partial charge in [0.05, 0.1) is 12.2 Å². The largest absolute Gasteiger partial charge is 0.396 e. The Kier molecular flexibility index (Phi) is 2.84. The van der Waals surface area contributed by atoms with E-state index in [-0.39, 0.29) is 18.4 Å². The Balaban J connectivity index is 2.53. The lowest BCUT2D eigenvalue weighted by Gasteiger charge is -2.14. The van der Waals surface area contributed by atoms with E-state index in [1.54, 1.807) is 0 Å². The summed E-state index contributed by atoms with van der Waals surface area (Å²) in [6.07, 6.45) is -0.930. The molecule has 0 aromatic carbocycles. The number of nitrogens with two attached hydrogens (primary N) is 1. The van der Waals surface area contributed by atoms with E-state index in [2.05, 4.69) is 0 Å². The van der Waals surface area contributed by atoms with Gasteiger partial charge in [-0.05, 0) is 13.0 Å². The van der Waals surface area contributed by atoms with Gasteiger partial charge in [-0.3, -0.25) is 0 Å². The first-order valence-corrected chi connectivity index (χ1v) is 3.87. The van der Waals surface area contributed by atoms with Crippen molar-refractivity contribution in [2.75, 3.05) is 13.2 Å². The lowest BCUT2D eigenvalue weighted by atomic mass is 10.1. The van der Waals surface area contributed by atoms with E-state index >= 15 is 0 Å². The van der Waals surface area contributed by atoms with Crippen LogP contribution >= 0.6 is 0 Å². The SMILES string of the molecule is NC[C@@H]1C[C@H](CO)[C@H](O)[C@H]1O. The number of hydrogen-bond donors (Lipinski definition) is 4. The van der Waals surface area contributed by atoms with E-state index in [1.165, 1.54) is 0 Å². The molecule has 0 spiro atoms. The highest BCUT2D eigenvalue weighted by molar-refractivity contribution is 4.90. The molecule has 0 aliphatic heterocycles. The molecule has 1 fully saturated rings. The van der Waals surface area contributed by atoms with Crippen molar-refractivity contribution in [3.8, 4) is 0 Å². The molecule has 4 atom stereocenters. The normalized spacial score (nSPS) is 44.7. The molecule has 0 amide bonds. The van der Waals surface area contributed by atoms with Gasteiger partial charge in [0, 0.05) is 18.4 Å². The fraction of sp³-hybridized carbons (Fsp3) is 1.00. The van der Waals surface area contributed by atoms with Gasteiger partial charge in [0.15, 0.2) is 0 Å². The van der Waals surface area contributed by atoms with E-state index in [1.807, 2.05) is 0 Å². The molecule has 4 nitrogen and oxygen atoms in total. The van der Waals surface area contributed by atoms with Crippen molar-refractivity contribution in [2.45, 2.75) is 18.6 Å². The molecule has 0 bridgehead atoms. The minimum Gasteiger partial charge on any atom is -0.396 e. The van der Waals surface area contributed by atoms with E-state index in [0.717, 1.165) is 0 Å². The maximum absolute atomic E-state index is 9.32. The van der Waals surface area contributed by atoms with Crippen LogP contribution in [0.4, 0.5) is 0 Å². The summed E-state index contributed by atoms with van der Waals surface area (Å²) in [4.78, 5) is 0. The molecular weight excluding hydrogens is 146 g/mol. The Labute approximate surface area is 65.6 Å². The van der Waals surface area contributed by atoms with Gasteiger partial charge in [-0.15, -0.1) is 0 Å². The van der Waals surface area contributed by atoms with E-state index in [9.17, 15) is 10.2 Å². The summed E-state index contributed by atoms with van der Waals surface area (Å²) in [6.45, 7) is 0.295. The van der Waals surface area contributed by atoms with Crippen LogP contribution < -0.4 is 5.73 Å². The maximum atomic E-state index is 9.32. The molecule has 0 unspecified atom stereocenters. The quantitative estimate of drug-likeness (QED) is 0.388. The van der Waals surface area contributed by atoms with E-state index < -0.39 is 12.2 Å². The molecule has 11 heavy (non-hydrogen) atoms. The lowest BCUT2D eigenvalue weighted by Crippen LogP contribution is -2.31. The predicted molar refractivity (Wildman–Crippen MR) is 39.8 cm³/mol. The van der Waals surface area contributed by atoms with Gasteiger partial charge < -0.3 is 21.1 Å². The summed E-state index contributed by atoms with van der Waals surface area (Å²) in [5.74, 6) is -0.249. The van der Waals surface area contributed by atoms with Crippen molar-refractivity contribution in [2.24, 2.45) is 17.6 Å². The van der Waals surface area contributed by atoms with Crippen LogP contribution in [0.15, 0.2) is 0 Å². The van der Waals surface area contributed by atoms with E-state index in [4.69, 9.17) is 10.8 Å². The highest BCUT2D eigenvalue weighted by Crippen LogP contribution is 2.30. The molecule has 1 aliphatic rings. The smallest absolute Gasteiger partial charge is 0.0852 e. The van der Waals surface area contributed by atoms with Crippen molar-refractivity contribution < 1.29 is 15.3 Å². The average molecular weight is 161 g/mol. The second-order valence-electron chi connectivity index (χ2n) is 3.16. The van der Waals surface area contributed by atoms with Crippen molar-refractivity contribution >= 4 is 0 Å². The number of aliphatic hydroxyl groups is 3. The Bertz CT molecular complexity index is 113. The van der Waals surface area contributed by atoms with Crippen molar-refractivity contribution in [1.29, 1.82) is 0 Å². The molecule has 0 radical (unpaired) electrons. The predicted octanol–water partition coefficient (Wildman–Crippen LogP) is -1.70. The zero-order chi connectivity index (χ0) is 8.43. The number of hydrogen-bond acceptors (Lipinski definition) is 4. The standard InChI is InChI=1S/C7H15NO3/c8-2-4-1-5(3-9)7(11)6(4)10/h4-7,9-11H,1-3,8H2/t4-,5+,6-,7-/m0/s1. The molecule has 0 aromatic heterocycles. The molecule has 1 saturated carbocycles. The maximum Gasteiger partial charge on any atom is 0.0852 e. The molecule has 1 rings (SSSR count). The van der Waals surface area contributed by atoms with Gasteiger partial charge in [0.1, 0.15) is 0 Å². The third-order valence-corrected chi connectivity index (χ3v) is 2.46.